The van der Waals surface area contributed by atoms with Crippen molar-refractivity contribution in [2.24, 2.45) is 14.1 Å². The molecule has 0 aromatic carbocycles. The van der Waals surface area contributed by atoms with Crippen molar-refractivity contribution in [3.05, 3.63) is 20.8 Å². The summed E-state index contributed by atoms with van der Waals surface area (Å²) in [4.78, 5) is 27.6. The Kier molecular flexibility index (Phi) is 2.97. The second-order valence-electron chi connectivity index (χ2n) is 3.41. The van der Waals surface area contributed by atoms with Gasteiger partial charge in [-0.15, -0.1) is 10.2 Å². The second kappa shape index (κ2) is 4.28. The lowest BCUT2D eigenvalue weighted by molar-refractivity contribution is 0.690. The number of aromatic nitrogens is 5. The number of thioether (sulfide) groups is 1. The zero-order valence-corrected chi connectivity index (χ0v) is 10.5. The highest BCUT2D eigenvalue weighted by atomic mass is 32.2. The van der Waals surface area contributed by atoms with Gasteiger partial charge in [-0.1, -0.05) is 18.7 Å². The van der Waals surface area contributed by atoms with Gasteiger partial charge in [-0.25, -0.2) is 9.78 Å². The minimum Gasteiger partial charge on any atom is -0.279 e. The van der Waals surface area contributed by atoms with Gasteiger partial charge in [-0.3, -0.25) is 13.9 Å². The van der Waals surface area contributed by atoms with E-state index in [9.17, 15) is 9.59 Å². The molecule has 0 radical (unpaired) electrons. The van der Waals surface area contributed by atoms with Crippen LogP contribution in [0.5, 0.6) is 0 Å². The molecule has 2 rings (SSSR count). The van der Waals surface area contributed by atoms with E-state index in [0.29, 0.717) is 5.16 Å². The van der Waals surface area contributed by atoms with Crippen LogP contribution in [-0.2, 0) is 14.1 Å². The molecule has 0 spiro atoms. The Balaban J connectivity index is 2.87. The molecule has 0 aliphatic heterocycles. The number of hydrogen-bond acceptors (Lipinski definition) is 6. The number of aryl methyl sites for hydroxylation is 1. The van der Waals surface area contributed by atoms with Gasteiger partial charge in [0.05, 0.1) is 0 Å². The van der Waals surface area contributed by atoms with Gasteiger partial charge >= 0.3 is 5.69 Å². The first-order valence-electron chi connectivity index (χ1n) is 4.99. The van der Waals surface area contributed by atoms with Crippen molar-refractivity contribution in [2.75, 3.05) is 5.75 Å². The molecule has 0 aliphatic rings. The highest BCUT2D eigenvalue weighted by molar-refractivity contribution is 7.99. The molecule has 0 saturated carbocycles. The van der Waals surface area contributed by atoms with E-state index in [1.807, 2.05) is 6.92 Å². The molecule has 0 amide bonds. The van der Waals surface area contributed by atoms with E-state index in [1.54, 1.807) is 7.05 Å². The summed E-state index contributed by atoms with van der Waals surface area (Å²) >= 11 is 1.41. The molecule has 2 aromatic heterocycles. The Morgan fingerprint density at radius 1 is 1.18 bits per heavy atom. The van der Waals surface area contributed by atoms with Gasteiger partial charge in [0.15, 0.2) is 11.2 Å². The first-order chi connectivity index (χ1) is 8.06. The summed E-state index contributed by atoms with van der Waals surface area (Å²) in [6, 6.07) is 0. The average Bonchev–Trinajstić information content (AvgIpc) is 2.34. The molecular formula is C9H11N5O2S. The Morgan fingerprint density at radius 2 is 1.88 bits per heavy atom. The van der Waals surface area contributed by atoms with Gasteiger partial charge in [0, 0.05) is 14.1 Å². The molecule has 2 heterocycles. The van der Waals surface area contributed by atoms with Crippen LogP contribution in [0.3, 0.4) is 0 Å². The van der Waals surface area contributed by atoms with Crippen molar-refractivity contribution in [2.45, 2.75) is 12.1 Å². The maximum absolute atomic E-state index is 11.8. The third kappa shape index (κ3) is 1.84. The molecular weight excluding hydrogens is 242 g/mol. The molecule has 7 nitrogen and oxygen atoms in total. The average molecular weight is 253 g/mol. The summed E-state index contributed by atoms with van der Waals surface area (Å²) in [6.45, 7) is 1.96. The first-order valence-corrected chi connectivity index (χ1v) is 5.98. The smallest absolute Gasteiger partial charge is 0.279 e. The summed E-state index contributed by atoms with van der Waals surface area (Å²) < 4.78 is 2.29. The molecule has 8 heteroatoms. The predicted molar refractivity (Wildman–Crippen MR) is 64.2 cm³/mol. The maximum atomic E-state index is 11.8. The lowest BCUT2D eigenvalue weighted by Crippen LogP contribution is -2.38. The fourth-order valence-corrected chi connectivity index (χ4v) is 1.94. The van der Waals surface area contributed by atoms with Crippen molar-refractivity contribution in [1.82, 2.24) is 24.3 Å². The Labute approximate surface area is 101 Å². The lowest BCUT2D eigenvalue weighted by atomic mass is 10.5. The van der Waals surface area contributed by atoms with Crippen LogP contribution in [0, 0.1) is 0 Å². The van der Waals surface area contributed by atoms with Crippen molar-refractivity contribution in [1.29, 1.82) is 0 Å². The number of hydrogen-bond donors (Lipinski definition) is 0. The number of rotatable bonds is 2. The van der Waals surface area contributed by atoms with E-state index in [2.05, 4.69) is 15.2 Å². The van der Waals surface area contributed by atoms with Crippen molar-refractivity contribution in [3.8, 4) is 0 Å². The Morgan fingerprint density at radius 3 is 2.53 bits per heavy atom. The van der Waals surface area contributed by atoms with Crippen LogP contribution in [0.1, 0.15) is 6.92 Å². The highest BCUT2D eigenvalue weighted by Gasteiger charge is 2.12. The van der Waals surface area contributed by atoms with E-state index in [4.69, 9.17) is 0 Å². The standard InChI is InChI=1S/C9H11N5O2S/c1-4-17-8-10-6-5(11-12-8)7(15)14(3)9(16)13(6)2/h4H2,1-3H3. The summed E-state index contributed by atoms with van der Waals surface area (Å²) in [5.74, 6) is 0.798. The third-order valence-corrected chi connectivity index (χ3v) is 3.04. The zero-order valence-electron chi connectivity index (χ0n) is 9.67. The van der Waals surface area contributed by atoms with Crippen molar-refractivity contribution >= 4 is 22.9 Å². The predicted octanol–water partition coefficient (Wildman–Crippen LogP) is -0.466. The fourth-order valence-electron chi connectivity index (χ4n) is 1.43. The molecule has 0 aliphatic carbocycles. The monoisotopic (exact) mass is 253 g/mol. The van der Waals surface area contributed by atoms with E-state index in [0.717, 1.165) is 10.3 Å². The second-order valence-corrected chi connectivity index (χ2v) is 4.64. The summed E-state index contributed by atoms with van der Waals surface area (Å²) in [5, 5.41) is 8.14. The largest absolute Gasteiger partial charge is 0.332 e. The van der Waals surface area contributed by atoms with Crippen LogP contribution < -0.4 is 11.2 Å². The minimum absolute atomic E-state index is 0.107. The quantitative estimate of drug-likeness (QED) is 0.673. The molecule has 90 valence electrons. The van der Waals surface area contributed by atoms with Crippen LogP contribution in [0.2, 0.25) is 0 Å². The van der Waals surface area contributed by atoms with E-state index >= 15 is 0 Å². The molecule has 17 heavy (non-hydrogen) atoms. The summed E-state index contributed by atoms with van der Waals surface area (Å²) in [6.07, 6.45) is 0. The summed E-state index contributed by atoms with van der Waals surface area (Å²) in [5.41, 5.74) is -0.522. The van der Waals surface area contributed by atoms with Gasteiger partial charge in [0.1, 0.15) is 0 Å². The number of nitrogens with zero attached hydrogens (tertiary/aromatic N) is 5. The van der Waals surface area contributed by atoms with Crippen LogP contribution in [0.25, 0.3) is 11.2 Å². The van der Waals surface area contributed by atoms with Crippen LogP contribution in [-0.4, -0.2) is 30.1 Å². The Hall–Kier alpha value is -1.70. The normalized spacial score (nSPS) is 11.0. The minimum atomic E-state index is -0.476. The van der Waals surface area contributed by atoms with Crippen LogP contribution in [0.15, 0.2) is 14.7 Å². The molecule has 2 aromatic rings. The molecule has 0 bridgehead atoms. The Bertz CT molecular complexity index is 690. The van der Waals surface area contributed by atoms with Gasteiger partial charge in [-0.2, -0.15) is 0 Å². The maximum Gasteiger partial charge on any atom is 0.332 e. The number of fused-ring (bicyclic) bond motifs is 1. The zero-order chi connectivity index (χ0) is 12.6. The molecule has 0 N–H and O–H groups in total. The fraction of sp³-hybridized carbons (Fsp3) is 0.444. The van der Waals surface area contributed by atoms with Crippen molar-refractivity contribution in [3.63, 3.8) is 0 Å². The van der Waals surface area contributed by atoms with Gasteiger partial charge in [0.25, 0.3) is 5.56 Å². The molecule has 0 unspecified atom stereocenters. The topological polar surface area (TPSA) is 82.7 Å². The van der Waals surface area contributed by atoms with Gasteiger partial charge in [-0.05, 0) is 5.75 Å². The van der Waals surface area contributed by atoms with Crippen LogP contribution in [0.4, 0.5) is 0 Å². The van der Waals surface area contributed by atoms with Gasteiger partial charge < -0.3 is 0 Å². The third-order valence-electron chi connectivity index (χ3n) is 2.32. The molecule has 0 atom stereocenters. The lowest BCUT2D eigenvalue weighted by Gasteiger charge is -2.05. The first kappa shape index (κ1) is 11.8. The SMILES string of the molecule is CCSc1nnc2c(=O)n(C)c(=O)n(C)c2n1. The van der Waals surface area contributed by atoms with Crippen LogP contribution >= 0.6 is 11.8 Å². The van der Waals surface area contributed by atoms with Crippen molar-refractivity contribution < 1.29 is 0 Å². The molecule has 0 saturated heterocycles. The van der Waals surface area contributed by atoms with Gasteiger partial charge in [0.2, 0.25) is 5.16 Å². The summed E-state index contributed by atoms with van der Waals surface area (Å²) in [7, 11) is 2.96. The van der Waals surface area contributed by atoms with E-state index < -0.39 is 11.2 Å². The van der Waals surface area contributed by atoms with E-state index in [1.165, 1.54) is 23.4 Å². The van der Waals surface area contributed by atoms with E-state index in [-0.39, 0.29) is 11.2 Å². The highest BCUT2D eigenvalue weighted by Crippen LogP contribution is 2.11. The molecule has 0 fully saturated rings.